The molecule has 2 aliphatic rings. The Kier molecular flexibility index (Phi) is 8.73. The van der Waals surface area contributed by atoms with Gasteiger partial charge in [-0.3, -0.25) is 9.69 Å². The van der Waals surface area contributed by atoms with Crippen molar-refractivity contribution >= 4 is 40.9 Å². The van der Waals surface area contributed by atoms with E-state index in [1.54, 1.807) is 32.4 Å². The summed E-state index contributed by atoms with van der Waals surface area (Å²) in [4.78, 5) is 29.7. The number of nitrogens with zero attached hydrogens (tertiary/aromatic N) is 2. The van der Waals surface area contributed by atoms with E-state index in [9.17, 15) is 14.0 Å². The number of hydrogen-bond donors (Lipinski definition) is 1. The van der Waals surface area contributed by atoms with Crippen LogP contribution in [0.15, 0.2) is 60.7 Å². The summed E-state index contributed by atoms with van der Waals surface area (Å²) in [5.41, 5.74) is 2.25. The first-order valence-electron chi connectivity index (χ1n) is 13.5. The molecule has 1 fully saturated rings. The standard InChI is InChI=1S/C31H32Cl2FN3O4/c1-36-28-10-6-22(34)18-25(28)31(41-30(36)39)12-15-37(16-13-31)14-11-24(21-5-9-26(32)27(33)17-21)29(38)35-19-20-3-7-23(40-2)8-4-20/h3-10,17-18,24H,11-16,19H2,1-2H3,(H,35,38). The second-order valence-electron chi connectivity index (χ2n) is 10.5. The molecule has 0 bridgehead atoms. The highest BCUT2D eigenvalue weighted by molar-refractivity contribution is 6.42. The van der Waals surface area contributed by atoms with Gasteiger partial charge < -0.3 is 19.7 Å². The van der Waals surface area contributed by atoms with Gasteiger partial charge in [0.05, 0.1) is 28.8 Å². The fourth-order valence-electron chi connectivity index (χ4n) is 5.61. The molecule has 216 valence electrons. The molecule has 41 heavy (non-hydrogen) atoms. The van der Waals surface area contributed by atoms with Crippen molar-refractivity contribution in [3.63, 3.8) is 0 Å². The van der Waals surface area contributed by atoms with Gasteiger partial charge in [-0.1, -0.05) is 41.4 Å². The van der Waals surface area contributed by atoms with Crippen molar-refractivity contribution < 1.29 is 23.5 Å². The number of anilines is 1. The van der Waals surface area contributed by atoms with Crippen LogP contribution in [0.4, 0.5) is 14.9 Å². The summed E-state index contributed by atoms with van der Waals surface area (Å²) in [6.07, 6.45) is 1.17. The topological polar surface area (TPSA) is 71.1 Å². The van der Waals surface area contributed by atoms with Crippen molar-refractivity contribution in [2.24, 2.45) is 0 Å². The summed E-state index contributed by atoms with van der Waals surface area (Å²) >= 11 is 12.5. The lowest BCUT2D eigenvalue weighted by molar-refractivity contribution is -0.123. The van der Waals surface area contributed by atoms with Gasteiger partial charge in [-0.2, -0.15) is 0 Å². The number of rotatable bonds is 8. The summed E-state index contributed by atoms with van der Waals surface area (Å²) in [7, 11) is 3.24. The number of benzene rings is 3. The zero-order valence-corrected chi connectivity index (χ0v) is 24.5. The predicted molar refractivity (Wildman–Crippen MR) is 157 cm³/mol. The Morgan fingerprint density at radius 3 is 2.49 bits per heavy atom. The van der Waals surface area contributed by atoms with Crippen LogP contribution in [0.3, 0.4) is 0 Å². The molecule has 3 aromatic carbocycles. The Hall–Kier alpha value is -3.33. The Morgan fingerprint density at radius 1 is 1.07 bits per heavy atom. The maximum Gasteiger partial charge on any atom is 0.414 e. The molecule has 0 radical (unpaired) electrons. The molecule has 1 atom stereocenters. The number of carbonyl (C=O) groups excluding carboxylic acids is 2. The molecular formula is C31H32Cl2FN3O4. The van der Waals surface area contributed by atoms with Crippen molar-refractivity contribution in [3.05, 3.63) is 93.2 Å². The number of carbonyl (C=O) groups is 2. The fourth-order valence-corrected chi connectivity index (χ4v) is 5.92. The maximum atomic E-state index is 14.2. The molecule has 2 heterocycles. The number of likely N-dealkylation sites (tertiary alicyclic amines) is 1. The van der Waals surface area contributed by atoms with Crippen molar-refractivity contribution in [3.8, 4) is 5.75 Å². The van der Waals surface area contributed by atoms with Gasteiger partial charge in [-0.05, 0) is 66.6 Å². The van der Waals surface area contributed by atoms with E-state index in [4.69, 9.17) is 32.7 Å². The highest BCUT2D eigenvalue weighted by Gasteiger charge is 2.46. The van der Waals surface area contributed by atoms with E-state index in [-0.39, 0.29) is 11.7 Å². The molecule has 1 N–H and O–H groups in total. The average Bonchev–Trinajstić information content (AvgIpc) is 2.98. The van der Waals surface area contributed by atoms with Crippen molar-refractivity contribution in [1.82, 2.24) is 10.2 Å². The first-order chi connectivity index (χ1) is 19.7. The lowest BCUT2D eigenvalue weighted by Crippen LogP contribution is -2.51. The van der Waals surface area contributed by atoms with Gasteiger partial charge >= 0.3 is 6.09 Å². The SMILES string of the molecule is COc1ccc(CNC(=O)C(CCN2CCC3(CC2)OC(=O)N(C)c2ccc(F)cc23)c2ccc(Cl)c(Cl)c2)cc1. The minimum Gasteiger partial charge on any atom is -0.497 e. The molecule has 1 saturated heterocycles. The zero-order chi connectivity index (χ0) is 29.1. The van der Waals surface area contributed by atoms with Crippen LogP contribution in [0.5, 0.6) is 5.75 Å². The van der Waals surface area contributed by atoms with Gasteiger partial charge in [-0.15, -0.1) is 0 Å². The summed E-state index contributed by atoms with van der Waals surface area (Å²) in [6, 6.07) is 17.3. The van der Waals surface area contributed by atoms with Crippen LogP contribution >= 0.6 is 23.2 Å². The third-order valence-corrected chi connectivity index (χ3v) is 8.79. The van der Waals surface area contributed by atoms with Crippen LogP contribution in [0.25, 0.3) is 0 Å². The summed E-state index contributed by atoms with van der Waals surface area (Å²) in [6.45, 7) is 2.28. The first kappa shape index (κ1) is 29.2. The molecule has 3 aromatic rings. The van der Waals surface area contributed by atoms with E-state index in [2.05, 4.69) is 10.2 Å². The molecule has 5 rings (SSSR count). The summed E-state index contributed by atoms with van der Waals surface area (Å²) < 4.78 is 25.3. The van der Waals surface area contributed by atoms with Crippen molar-refractivity contribution in [2.45, 2.75) is 37.3 Å². The van der Waals surface area contributed by atoms with Gasteiger partial charge in [-0.25, -0.2) is 9.18 Å². The lowest BCUT2D eigenvalue weighted by Gasteiger charge is -2.46. The van der Waals surface area contributed by atoms with Gasteiger partial charge in [0.25, 0.3) is 0 Å². The van der Waals surface area contributed by atoms with Crippen LogP contribution in [0.1, 0.15) is 41.9 Å². The highest BCUT2D eigenvalue weighted by Crippen LogP contribution is 2.45. The number of fused-ring (bicyclic) bond motifs is 2. The van der Waals surface area contributed by atoms with E-state index in [1.165, 1.54) is 17.0 Å². The number of amides is 2. The Balaban J connectivity index is 1.27. The maximum absolute atomic E-state index is 14.2. The summed E-state index contributed by atoms with van der Waals surface area (Å²) in [5.74, 6) is -0.168. The molecule has 2 aliphatic heterocycles. The molecule has 0 aliphatic carbocycles. The third-order valence-electron chi connectivity index (χ3n) is 8.05. The van der Waals surface area contributed by atoms with E-state index in [1.807, 2.05) is 30.3 Å². The van der Waals surface area contributed by atoms with Gasteiger partial charge in [0.15, 0.2) is 0 Å². The normalized spacial score (nSPS) is 17.1. The summed E-state index contributed by atoms with van der Waals surface area (Å²) in [5, 5.41) is 3.88. The number of halogens is 3. The van der Waals surface area contributed by atoms with Gasteiger partial charge in [0, 0.05) is 45.1 Å². The Morgan fingerprint density at radius 2 is 1.80 bits per heavy atom. The molecular weight excluding hydrogens is 568 g/mol. The number of nitrogens with one attached hydrogen (secondary N) is 1. The van der Waals surface area contributed by atoms with Crippen LogP contribution in [0.2, 0.25) is 10.0 Å². The molecule has 1 unspecified atom stereocenters. The molecule has 0 saturated carbocycles. The van der Waals surface area contributed by atoms with Crippen LogP contribution in [-0.2, 0) is 21.7 Å². The van der Waals surface area contributed by atoms with Gasteiger partial charge in [0.2, 0.25) is 5.91 Å². The fraction of sp³-hybridized carbons (Fsp3) is 0.355. The number of methoxy groups -OCH3 is 1. The Labute approximate surface area is 249 Å². The lowest BCUT2D eigenvalue weighted by atomic mass is 9.81. The zero-order valence-electron chi connectivity index (χ0n) is 23.0. The van der Waals surface area contributed by atoms with E-state index in [0.717, 1.165) is 16.9 Å². The molecule has 0 aromatic heterocycles. The molecule has 10 heteroatoms. The van der Waals surface area contributed by atoms with Crippen molar-refractivity contribution in [2.75, 3.05) is 38.7 Å². The third kappa shape index (κ3) is 6.30. The van der Waals surface area contributed by atoms with E-state index < -0.39 is 17.6 Å². The second-order valence-corrected chi connectivity index (χ2v) is 11.3. The minimum atomic E-state index is -0.865. The van der Waals surface area contributed by atoms with Crippen LogP contribution in [0, 0.1) is 5.82 Å². The highest BCUT2D eigenvalue weighted by atomic mass is 35.5. The molecule has 1 spiro atoms. The number of ether oxygens (including phenoxy) is 2. The van der Waals surface area contributed by atoms with Crippen LogP contribution in [-0.4, -0.2) is 50.7 Å². The smallest absolute Gasteiger partial charge is 0.414 e. The van der Waals surface area contributed by atoms with E-state index in [0.29, 0.717) is 66.7 Å². The first-order valence-corrected chi connectivity index (χ1v) is 14.3. The Bertz CT molecular complexity index is 1430. The number of hydrogen-bond acceptors (Lipinski definition) is 5. The second kappa shape index (κ2) is 12.3. The minimum absolute atomic E-state index is 0.110. The van der Waals surface area contributed by atoms with Crippen molar-refractivity contribution in [1.29, 1.82) is 0 Å². The molecule has 7 nitrogen and oxygen atoms in total. The van der Waals surface area contributed by atoms with Gasteiger partial charge in [0.1, 0.15) is 17.2 Å². The quantitative estimate of drug-likeness (QED) is 0.319. The van der Waals surface area contributed by atoms with Crippen LogP contribution < -0.4 is 15.0 Å². The largest absolute Gasteiger partial charge is 0.497 e. The monoisotopic (exact) mass is 599 g/mol. The predicted octanol–water partition coefficient (Wildman–Crippen LogP) is 6.51. The number of piperidine rings is 1. The van der Waals surface area contributed by atoms with E-state index >= 15 is 0 Å². The molecule has 2 amide bonds. The average molecular weight is 601 g/mol.